The highest BCUT2D eigenvalue weighted by molar-refractivity contribution is 7.13. The maximum Gasteiger partial charge on any atom is 0.410 e. The Morgan fingerprint density at radius 2 is 1.88 bits per heavy atom. The van der Waals surface area contributed by atoms with Crippen molar-refractivity contribution in [2.75, 3.05) is 18.4 Å². The average molecular weight is 488 g/mol. The lowest BCUT2D eigenvalue weighted by atomic mass is 9.91. The molecule has 1 aliphatic rings. The molecule has 0 saturated carbocycles. The molecule has 1 N–H and O–H groups in total. The van der Waals surface area contributed by atoms with Gasteiger partial charge in [0.25, 0.3) is 5.91 Å². The van der Waals surface area contributed by atoms with Crippen LogP contribution in [0, 0.1) is 0 Å². The molecule has 2 aromatic heterocycles. The zero-order chi connectivity index (χ0) is 23.6. The predicted molar refractivity (Wildman–Crippen MR) is 128 cm³/mol. The number of hydrogen-bond donors (Lipinski definition) is 1. The highest BCUT2D eigenvalue weighted by Gasteiger charge is 2.32. The number of nitrogens with one attached hydrogen (secondary N) is 1. The normalized spacial score (nSPS) is 14.8. The molecule has 1 aliphatic heterocycles. The Balaban J connectivity index is 1.60. The van der Waals surface area contributed by atoms with E-state index in [1.165, 1.54) is 11.3 Å². The zero-order valence-corrected chi connectivity index (χ0v) is 20.3. The summed E-state index contributed by atoms with van der Waals surface area (Å²) in [6, 6.07) is 7.33. The quantitative estimate of drug-likeness (QED) is 0.535. The van der Waals surface area contributed by atoms with Gasteiger partial charge >= 0.3 is 6.09 Å². The van der Waals surface area contributed by atoms with Gasteiger partial charge in [0.15, 0.2) is 5.13 Å². The van der Waals surface area contributed by atoms with Crippen molar-refractivity contribution in [3.05, 3.63) is 58.3 Å². The molecule has 3 aromatic rings. The minimum absolute atomic E-state index is 0.0407. The van der Waals surface area contributed by atoms with Crippen LogP contribution in [0.5, 0.6) is 0 Å². The van der Waals surface area contributed by atoms with Gasteiger partial charge in [-0.25, -0.2) is 14.5 Å². The van der Waals surface area contributed by atoms with Gasteiger partial charge in [-0.3, -0.25) is 10.1 Å². The second kappa shape index (κ2) is 9.52. The van der Waals surface area contributed by atoms with Crippen molar-refractivity contribution < 1.29 is 14.3 Å². The molecule has 0 atom stereocenters. The number of rotatable bonds is 4. The van der Waals surface area contributed by atoms with Crippen molar-refractivity contribution in [2.45, 2.75) is 45.1 Å². The van der Waals surface area contributed by atoms with Gasteiger partial charge in [-0.05, 0) is 57.9 Å². The molecular formula is C23H26ClN5O3S. The molecule has 4 rings (SSSR count). The molecule has 0 aliphatic carbocycles. The first-order chi connectivity index (χ1) is 15.7. The van der Waals surface area contributed by atoms with Crippen LogP contribution in [-0.4, -0.2) is 50.4 Å². The van der Waals surface area contributed by atoms with Gasteiger partial charge in [0.2, 0.25) is 0 Å². The number of hydrogen-bond acceptors (Lipinski definition) is 6. The number of piperidine rings is 1. The smallest absolute Gasteiger partial charge is 0.410 e. The highest BCUT2D eigenvalue weighted by Crippen LogP contribution is 2.33. The van der Waals surface area contributed by atoms with E-state index in [9.17, 15) is 9.59 Å². The van der Waals surface area contributed by atoms with E-state index in [-0.39, 0.29) is 17.9 Å². The molecule has 1 fully saturated rings. The summed E-state index contributed by atoms with van der Waals surface area (Å²) < 4.78 is 7.31. The van der Waals surface area contributed by atoms with Crippen molar-refractivity contribution in [2.24, 2.45) is 0 Å². The third-order valence-electron chi connectivity index (χ3n) is 5.31. The number of likely N-dealkylation sites (tertiary alicyclic amines) is 1. The van der Waals surface area contributed by atoms with Crippen LogP contribution in [0.25, 0.3) is 5.69 Å². The first-order valence-electron chi connectivity index (χ1n) is 10.7. The lowest BCUT2D eigenvalue weighted by Crippen LogP contribution is -2.41. The SMILES string of the molecule is CC(C)(C)OC(=O)N1CCC(c2c(C(=O)Nc3nccs3)cnn2-c2ccc(Cl)cc2)CC1. The van der Waals surface area contributed by atoms with Crippen molar-refractivity contribution >= 4 is 40.1 Å². The number of anilines is 1. The van der Waals surface area contributed by atoms with E-state index in [0.29, 0.717) is 41.6 Å². The second-order valence-electron chi connectivity index (χ2n) is 8.86. The molecule has 174 valence electrons. The van der Waals surface area contributed by atoms with Crippen LogP contribution in [0.2, 0.25) is 5.02 Å². The number of amides is 2. The standard InChI is InChI=1S/C23H26ClN5O3S/c1-23(2,3)32-22(31)28-11-8-15(9-12-28)19-18(20(30)27-21-25-10-13-33-21)14-26-29(19)17-6-4-16(24)5-7-17/h4-7,10,13-15H,8-9,11-12H2,1-3H3,(H,25,27,30). The van der Waals surface area contributed by atoms with Crippen LogP contribution in [0.1, 0.15) is 55.6 Å². The number of carbonyl (C=O) groups excluding carboxylic acids is 2. The number of nitrogens with zero attached hydrogens (tertiary/aromatic N) is 4. The molecule has 0 unspecified atom stereocenters. The Kier molecular flexibility index (Phi) is 6.71. The van der Waals surface area contributed by atoms with Gasteiger partial charge < -0.3 is 9.64 Å². The first kappa shape index (κ1) is 23.3. The average Bonchev–Trinajstić information content (AvgIpc) is 3.43. The predicted octanol–water partition coefficient (Wildman–Crippen LogP) is 5.35. The maximum atomic E-state index is 13.1. The molecule has 1 saturated heterocycles. The summed E-state index contributed by atoms with van der Waals surface area (Å²) in [7, 11) is 0. The van der Waals surface area contributed by atoms with Gasteiger partial charge in [0.05, 0.1) is 23.1 Å². The molecule has 1 aromatic carbocycles. The van der Waals surface area contributed by atoms with Crippen LogP contribution in [0.3, 0.4) is 0 Å². The Labute approximate surface area is 201 Å². The summed E-state index contributed by atoms with van der Waals surface area (Å²) >= 11 is 7.42. The third-order valence-corrected chi connectivity index (χ3v) is 6.25. The van der Waals surface area contributed by atoms with Gasteiger partial charge in [-0.2, -0.15) is 5.10 Å². The summed E-state index contributed by atoms with van der Waals surface area (Å²) in [6.07, 6.45) is 4.30. The van der Waals surface area contributed by atoms with Gasteiger partial charge in [0, 0.05) is 35.6 Å². The topological polar surface area (TPSA) is 89.3 Å². The molecule has 10 heteroatoms. The fourth-order valence-electron chi connectivity index (χ4n) is 3.83. The third kappa shape index (κ3) is 5.54. The Morgan fingerprint density at radius 1 is 1.18 bits per heavy atom. The molecule has 2 amide bonds. The van der Waals surface area contributed by atoms with Crippen LogP contribution in [-0.2, 0) is 4.74 Å². The Hall–Kier alpha value is -2.91. The number of carbonyl (C=O) groups is 2. The first-order valence-corrected chi connectivity index (χ1v) is 12.0. The molecular weight excluding hydrogens is 462 g/mol. The number of aromatic nitrogens is 3. The van der Waals surface area contributed by atoms with E-state index in [1.807, 2.05) is 32.9 Å². The van der Waals surface area contributed by atoms with Crippen molar-refractivity contribution in [1.82, 2.24) is 19.7 Å². The summed E-state index contributed by atoms with van der Waals surface area (Å²) in [5.74, 6) is -0.214. The van der Waals surface area contributed by atoms with E-state index >= 15 is 0 Å². The lowest BCUT2D eigenvalue weighted by Gasteiger charge is -2.34. The number of ether oxygens (including phenoxy) is 1. The number of benzene rings is 1. The fourth-order valence-corrected chi connectivity index (χ4v) is 4.48. The van der Waals surface area contributed by atoms with Crippen LogP contribution in [0.15, 0.2) is 42.0 Å². The van der Waals surface area contributed by atoms with E-state index in [4.69, 9.17) is 16.3 Å². The van der Waals surface area contributed by atoms with Crippen LogP contribution < -0.4 is 5.32 Å². The molecule has 0 radical (unpaired) electrons. The van der Waals surface area contributed by atoms with Gasteiger partial charge in [-0.15, -0.1) is 11.3 Å². The minimum atomic E-state index is -0.539. The Morgan fingerprint density at radius 3 is 2.48 bits per heavy atom. The van der Waals surface area contributed by atoms with Crippen molar-refractivity contribution in [3.63, 3.8) is 0 Å². The Bertz CT molecular complexity index is 1110. The lowest BCUT2D eigenvalue weighted by molar-refractivity contribution is 0.0203. The summed E-state index contributed by atoms with van der Waals surface area (Å²) in [4.78, 5) is 31.4. The monoisotopic (exact) mass is 487 g/mol. The second-order valence-corrected chi connectivity index (χ2v) is 10.2. The maximum absolute atomic E-state index is 13.1. The number of halogens is 1. The summed E-state index contributed by atoms with van der Waals surface area (Å²) in [5, 5.41) is 10.4. The minimum Gasteiger partial charge on any atom is -0.444 e. The summed E-state index contributed by atoms with van der Waals surface area (Å²) in [5.41, 5.74) is 1.59. The van der Waals surface area contributed by atoms with Crippen LogP contribution in [0.4, 0.5) is 9.93 Å². The van der Waals surface area contributed by atoms with Crippen molar-refractivity contribution in [3.8, 4) is 5.69 Å². The number of thiazole rings is 1. The van der Waals surface area contributed by atoms with E-state index in [0.717, 1.165) is 11.4 Å². The summed E-state index contributed by atoms with van der Waals surface area (Å²) in [6.45, 7) is 6.65. The zero-order valence-electron chi connectivity index (χ0n) is 18.7. The fraction of sp³-hybridized carbons (Fsp3) is 0.391. The molecule has 33 heavy (non-hydrogen) atoms. The largest absolute Gasteiger partial charge is 0.444 e. The van der Waals surface area contributed by atoms with Crippen LogP contribution >= 0.6 is 22.9 Å². The molecule has 8 nitrogen and oxygen atoms in total. The molecule has 3 heterocycles. The highest BCUT2D eigenvalue weighted by atomic mass is 35.5. The van der Waals surface area contributed by atoms with E-state index in [2.05, 4.69) is 15.4 Å². The van der Waals surface area contributed by atoms with Gasteiger partial charge in [-0.1, -0.05) is 11.6 Å². The van der Waals surface area contributed by atoms with Crippen molar-refractivity contribution in [1.29, 1.82) is 0 Å². The van der Waals surface area contributed by atoms with E-state index < -0.39 is 5.60 Å². The molecule has 0 bridgehead atoms. The van der Waals surface area contributed by atoms with E-state index in [1.54, 1.807) is 39.5 Å². The molecule has 0 spiro atoms. The van der Waals surface area contributed by atoms with Gasteiger partial charge in [0.1, 0.15) is 5.60 Å².